The molecule has 2 rings (SSSR count). The standard InChI is InChI=1S/C9H11N3O3S2/c1-2-16-9-12-11-8(17-9)10-7(13)6-5-14-3-4-15-6/h5H,2-4H2,1H3,(H,10,11,13). The summed E-state index contributed by atoms with van der Waals surface area (Å²) in [5.74, 6) is 0.718. The average molecular weight is 273 g/mol. The van der Waals surface area contributed by atoms with E-state index in [1.165, 1.54) is 17.6 Å². The molecule has 1 amide bonds. The molecule has 1 aliphatic heterocycles. The van der Waals surface area contributed by atoms with Gasteiger partial charge in [-0.05, 0) is 5.75 Å². The lowest BCUT2D eigenvalue weighted by Crippen LogP contribution is -2.21. The van der Waals surface area contributed by atoms with Crippen LogP contribution in [0.1, 0.15) is 6.92 Å². The minimum Gasteiger partial charge on any atom is -0.494 e. The van der Waals surface area contributed by atoms with Crippen LogP contribution in [0.4, 0.5) is 5.13 Å². The number of hydrogen-bond acceptors (Lipinski definition) is 7. The van der Waals surface area contributed by atoms with Crippen molar-refractivity contribution >= 4 is 34.1 Å². The molecule has 1 aliphatic rings. The van der Waals surface area contributed by atoms with Crippen LogP contribution in [0.3, 0.4) is 0 Å². The number of carbonyl (C=O) groups is 1. The number of hydrogen-bond donors (Lipinski definition) is 1. The number of rotatable bonds is 4. The molecule has 1 aromatic heterocycles. The molecule has 0 spiro atoms. The number of nitrogens with one attached hydrogen (secondary N) is 1. The van der Waals surface area contributed by atoms with E-state index >= 15 is 0 Å². The number of carbonyl (C=O) groups excluding carboxylic acids is 1. The highest BCUT2D eigenvalue weighted by Crippen LogP contribution is 2.25. The zero-order chi connectivity index (χ0) is 12.1. The molecule has 0 saturated heterocycles. The molecule has 0 fully saturated rings. The van der Waals surface area contributed by atoms with Gasteiger partial charge in [0.25, 0.3) is 5.91 Å². The minimum absolute atomic E-state index is 0.163. The van der Waals surface area contributed by atoms with Gasteiger partial charge >= 0.3 is 0 Å². The zero-order valence-corrected chi connectivity index (χ0v) is 10.8. The van der Waals surface area contributed by atoms with Gasteiger partial charge in [-0.2, -0.15) is 0 Å². The molecular weight excluding hydrogens is 262 g/mol. The number of anilines is 1. The van der Waals surface area contributed by atoms with Crippen LogP contribution in [0.25, 0.3) is 0 Å². The van der Waals surface area contributed by atoms with Crippen molar-refractivity contribution in [1.29, 1.82) is 0 Å². The van der Waals surface area contributed by atoms with Gasteiger partial charge in [0.15, 0.2) is 4.34 Å². The summed E-state index contributed by atoms with van der Waals surface area (Å²) in [5.41, 5.74) is 0. The fourth-order valence-corrected chi connectivity index (χ4v) is 2.73. The Hall–Kier alpha value is -1.28. The summed E-state index contributed by atoms with van der Waals surface area (Å²) < 4.78 is 11.0. The van der Waals surface area contributed by atoms with E-state index in [0.29, 0.717) is 18.3 Å². The van der Waals surface area contributed by atoms with E-state index in [0.717, 1.165) is 10.1 Å². The fourth-order valence-electron chi connectivity index (χ4n) is 1.09. The lowest BCUT2D eigenvalue weighted by Gasteiger charge is -2.13. The van der Waals surface area contributed by atoms with Crippen LogP contribution < -0.4 is 5.32 Å². The SMILES string of the molecule is CCSc1nnc(NC(=O)C2=COCCO2)s1. The average Bonchev–Trinajstić information content (AvgIpc) is 2.78. The second-order valence-electron chi connectivity index (χ2n) is 2.96. The van der Waals surface area contributed by atoms with Crippen molar-refractivity contribution in [3.05, 3.63) is 12.0 Å². The topological polar surface area (TPSA) is 73.3 Å². The number of amides is 1. The van der Waals surface area contributed by atoms with E-state index in [2.05, 4.69) is 15.5 Å². The summed E-state index contributed by atoms with van der Waals surface area (Å²) >= 11 is 2.92. The first-order valence-corrected chi connectivity index (χ1v) is 6.82. The maximum Gasteiger partial charge on any atom is 0.295 e. The Kier molecular flexibility index (Phi) is 4.21. The molecule has 0 atom stereocenters. The van der Waals surface area contributed by atoms with E-state index in [9.17, 15) is 4.79 Å². The summed E-state index contributed by atoms with van der Waals surface area (Å²) in [4.78, 5) is 11.7. The van der Waals surface area contributed by atoms with E-state index in [1.54, 1.807) is 11.8 Å². The lowest BCUT2D eigenvalue weighted by molar-refractivity contribution is -0.117. The summed E-state index contributed by atoms with van der Waals surface area (Å²) in [6.45, 7) is 2.88. The Morgan fingerprint density at radius 3 is 3.18 bits per heavy atom. The third-order valence-corrected chi connectivity index (χ3v) is 3.62. The van der Waals surface area contributed by atoms with Crippen LogP contribution in [-0.2, 0) is 14.3 Å². The van der Waals surface area contributed by atoms with Crippen LogP contribution in [0.5, 0.6) is 0 Å². The van der Waals surface area contributed by atoms with Crippen LogP contribution in [-0.4, -0.2) is 35.1 Å². The van der Waals surface area contributed by atoms with Crippen molar-refractivity contribution in [3.63, 3.8) is 0 Å². The molecule has 0 aromatic carbocycles. The molecule has 0 aliphatic carbocycles. The molecule has 17 heavy (non-hydrogen) atoms. The van der Waals surface area contributed by atoms with Crippen molar-refractivity contribution in [2.75, 3.05) is 24.3 Å². The third-order valence-electron chi connectivity index (χ3n) is 1.77. The second-order valence-corrected chi connectivity index (χ2v) is 5.45. The van der Waals surface area contributed by atoms with E-state index in [1.807, 2.05) is 6.92 Å². The molecule has 0 saturated carbocycles. The minimum atomic E-state index is -0.367. The van der Waals surface area contributed by atoms with E-state index in [-0.39, 0.29) is 11.7 Å². The summed E-state index contributed by atoms with van der Waals surface area (Å²) in [6, 6.07) is 0. The van der Waals surface area contributed by atoms with Gasteiger partial charge < -0.3 is 9.47 Å². The molecule has 1 N–H and O–H groups in total. The van der Waals surface area contributed by atoms with Gasteiger partial charge in [-0.15, -0.1) is 10.2 Å². The van der Waals surface area contributed by atoms with Crippen LogP contribution in [0.2, 0.25) is 0 Å². The second kappa shape index (κ2) is 5.87. The van der Waals surface area contributed by atoms with Gasteiger partial charge in [-0.1, -0.05) is 30.0 Å². The first-order valence-electron chi connectivity index (χ1n) is 5.02. The Balaban J connectivity index is 1.95. The van der Waals surface area contributed by atoms with Crippen molar-refractivity contribution in [1.82, 2.24) is 10.2 Å². The summed E-state index contributed by atoms with van der Waals surface area (Å²) in [6.07, 6.45) is 1.31. The van der Waals surface area contributed by atoms with Crippen molar-refractivity contribution in [3.8, 4) is 0 Å². The van der Waals surface area contributed by atoms with Gasteiger partial charge in [0, 0.05) is 0 Å². The number of ether oxygens (including phenoxy) is 2. The highest BCUT2D eigenvalue weighted by Gasteiger charge is 2.16. The molecule has 2 heterocycles. The van der Waals surface area contributed by atoms with E-state index < -0.39 is 0 Å². The number of aromatic nitrogens is 2. The third kappa shape index (κ3) is 3.34. The van der Waals surface area contributed by atoms with Crippen LogP contribution in [0.15, 0.2) is 16.4 Å². The lowest BCUT2D eigenvalue weighted by atomic mass is 10.5. The van der Waals surface area contributed by atoms with Crippen molar-refractivity contribution < 1.29 is 14.3 Å². The molecule has 1 aromatic rings. The smallest absolute Gasteiger partial charge is 0.295 e. The van der Waals surface area contributed by atoms with Gasteiger partial charge in [0.2, 0.25) is 10.9 Å². The van der Waals surface area contributed by atoms with Crippen molar-refractivity contribution in [2.24, 2.45) is 0 Å². The molecule has 0 bridgehead atoms. The fraction of sp³-hybridized carbons (Fsp3) is 0.444. The Labute approximate surface area is 106 Å². The van der Waals surface area contributed by atoms with Crippen molar-refractivity contribution in [2.45, 2.75) is 11.3 Å². The van der Waals surface area contributed by atoms with Gasteiger partial charge in [0.1, 0.15) is 19.5 Å². The number of thioether (sulfide) groups is 1. The van der Waals surface area contributed by atoms with Crippen LogP contribution in [0, 0.1) is 0 Å². The predicted octanol–water partition coefficient (Wildman–Crippen LogP) is 1.48. The number of nitrogens with zero attached hydrogens (tertiary/aromatic N) is 2. The highest BCUT2D eigenvalue weighted by atomic mass is 32.2. The molecule has 8 heteroatoms. The first kappa shape index (κ1) is 12.2. The Bertz CT molecular complexity index is 433. The Morgan fingerprint density at radius 2 is 2.47 bits per heavy atom. The normalized spacial score (nSPS) is 14.5. The maximum absolute atomic E-state index is 11.7. The quantitative estimate of drug-likeness (QED) is 0.661. The maximum atomic E-state index is 11.7. The molecule has 92 valence electrons. The monoisotopic (exact) mass is 273 g/mol. The van der Waals surface area contributed by atoms with Crippen LogP contribution >= 0.6 is 23.1 Å². The molecular formula is C9H11N3O3S2. The molecule has 6 nitrogen and oxygen atoms in total. The molecule has 0 unspecified atom stereocenters. The van der Waals surface area contributed by atoms with Gasteiger partial charge in [0.05, 0.1) is 0 Å². The zero-order valence-electron chi connectivity index (χ0n) is 9.13. The Morgan fingerprint density at radius 1 is 1.59 bits per heavy atom. The van der Waals surface area contributed by atoms with Gasteiger partial charge in [-0.3, -0.25) is 10.1 Å². The predicted molar refractivity (Wildman–Crippen MR) is 64.9 cm³/mol. The summed E-state index contributed by atoms with van der Waals surface area (Å²) in [7, 11) is 0. The van der Waals surface area contributed by atoms with E-state index in [4.69, 9.17) is 9.47 Å². The molecule has 0 radical (unpaired) electrons. The largest absolute Gasteiger partial charge is 0.494 e. The van der Waals surface area contributed by atoms with Gasteiger partial charge in [-0.25, -0.2) is 0 Å². The summed E-state index contributed by atoms with van der Waals surface area (Å²) in [5, 5.41) is 10.9. The highest BCUT2D eigenvalue weighted by molar-refractivity contribution is 8.01. The first-order chi connectivity index (χ1) is 8.29.